The van der Waals surface area contributed by atoms with Gasteiger partial charge < -0.3 is 19.2 Å². The summed E-state index contributed by atoms with van der Waals surface area (Å²) < 4.78 is 16.8. The van der Waals surface area contributed by atoms with Crippen LogP contribution in [0.5, 0.6) is 11.5 Å². The van der Waals surface area contributed by atoms with E-state index in [2.05, 4.69) is 5.32 Å². The van der Waals surface area contributed by atoms with E-state index in [1.807, 2.05) is 24.3 Å². The molecule has 0 aliphatic heterocycles. The van der Waals surface area contributed by atoms with Gasteiger partial charge in [-0.25, -0.2) is 0 Å². The zero-order valence-corrected chi connectivity index (χ0v) is 16.2. The second-order valence-corrected chi connectivity index (χ2v) is 6.62. The number of furan rings is 1. The molecule has 1 aromatic heterocycles. The lowest BCUT2D eigenvalue weighted by Crippen LogP contribution is -2.30. The molecular formula is C22H18N2O6. The predicted octanol–water partition coefficient (Wildman–Crippen LogP) is 4.91. The van der Waals surface area contributed by atoms with Gasteiger partial charge in [0.15, 0.2) is 11.9 Å². The molecule has 0 spiro atoms. The van der Waals surface area contributed by atoms with Gasteiger partial charge in [-0.3, -0.25) is 14.9 Å². The van der Waals surface area contributed by atoms with E-state index in [1.54, 1.807) is 18.2 Å². The highest BCUT2D eigenvalue weighted by Gasteiger charge is 2.22. The molecule has 0 aliphatic rings. The van der Waals surface area contributed by atoms with Gasteiger partial charge in [0.25, 0.3) is 5.91 Å². The third kappa shape index (κ3) is 3.50. The Balaban J connectivity index is 1.61. The number of hydrogen-bond acceptors (Lipinski definition) is 6. The van der Waals surface area contributed by atoms with Gasteiger partial charge in [-0.2, -0.15) is 0 Å². The van der Waals surface area contributed by atoms with E-state index in [0.717, 1.165) is 16.4 Å². The maximum Gasteiger partial charge on any atom is 0.310 e. The molecule has 0 aliphatic carbocycles. The van der Waals surface area contributed by atoms with E-state index >= 15 is 0 Å². The molecule has 1 atom stereocenters. The van der Waals surface area contributed by atoms with Gasteiger partial charge in [0.1, 0.15) is 16.9 Å². The summed E-state index contributed by atoms with van der Waals surface area (Å²) in [4.78, 5) is 23.3. The largest absolute Gasteiger partial charge is 0.495 e. The van der Waals surface area contributed by atoms with Crippen LogP contribution in [0.1, 0.15) is 6.92 Å². The van der Waals surface area contributed by atoms with Crippen LogP contribution in [0.3, 0.4) is 0 Å². The lowest BCUT2D eigenvalue weighted by Gasteiger charge is -2.16. The molecule has 4 aromatic rings. The van der Waals surface area contributed by atoms with Crippen molar-refractivity contribution in [3.8, 4) is 11.5 Å². The third-order valence-corrected chi connectivity index (χ3v) is 4.69. The number of ether oxygens (including phenoxy) is 2. The topological polar surface area (TPSA) is 104 Å². The van der Waals surface area contributed by atoms with Crippen molar-refractivity contribution in [1.29, 1.82) is 0 Å². The zero-order chi connectivity index (χ0) is 21.3. The number of fused-ring (bicyclic) bond motifs is 3. The van der Waals surface area contributed by atoms with Gasteiger partial charge in [0.05, 0.1) is 17.7 Å². The first-order chi connectivity index (χ1) is 14.5. The molecule has 1 unspecified atom stereocenters. The summed E-state index contributed by atoms with van der Waals surface area (Å²) in [6.07, 6.45) is -0.984. The summed E-state index contributed by atoms with van der Waals surface area (Å²) in [5.74, 6) is -0.00735. The highest BCUT2D eigenvalue weighted by Crippen LogP contribution is 2.36. The van der Waals surface area contributed by atoms with Crippen LogP contribution in [-0.2, 0) is 4.79 Å². The molecule has 0 saturated heterocycles. The number of nitrogens with zero attached hydrogens (tertiary/aromatic N) is 1. The molecule has 30 heavy (non-hydrogen) atoms. The van der Waals surface area contributed by atoms with E-state index < -0.39 is 16.9 Å². The molecule has 1 N–H and O–H groups in total. The van der Waals surface area contributed by atoms with Crippen LogP contribution < -0.4 is 14.8 Å². The molecule has 0 bridgehead atoms. The number of benzene rings is 3. The van der Waals surface area contributed by atoms with Crippen molar-refractivity contribution >= 4 is 39.2 Å². The lowest BCUT2D eigenvalue weighted by molar-refractivity contribution is -0.386. The van der Waals surface area contributed by atoms with Gasteiger partial charge in [0.2, 0.25) is 0 Å². The number of methoxy groups -OCH3 is 1. The van der Waals surface area contributed by atoms with E-state index in [1.165, 1.54) is 32.2 Å². The monoisotopic (exact) mass is 406 g/mol. The molecule has 4 rings (SSSR count). The number of rotatable bonds is 6. The van der Waals surface area contributed by atoms with Crippen LogP contribution in [0.2, 0.25) is 0 Å². The number of nitro groups is 1. The van der Waals surface area contributed by atoms with Gasteiger partial charge in [-0.1, -0.05) is 30.3 Å². The van der Waals surface area contributed by atoms with E-state index in [-0.39, 0.29) is 11.4 Å². The van der Waals surface area contributed by atoms with Crippen molar-refractivity contribution in [2.75, 3.05) is 12.4 Å². The molecule has 0 radical (unpaired) electrons. The van der Waals surface area contributed by atoms with Crippen molar-refractivity contribution in [2.24, 2.45) is 0 Å². The van der Waals surface area contributed by atoms with Crippen molar-refractivity contribution in [3.63, 3.8) is 0 Å². The van der Waals surface area contributed by atoms with Crippen LogP contribution in [0.4, 0.5) is 11.4 Å². The second-order valence-electron chi connectivity index (χ2n) is 6.62. The fraction of sp³-hybridized carbons (Fsp3) is 0.136. The molecule has 1 heterocycles. The van der Waals surface area contributed by atoms with Crippen LogP contribution in [0.25, 0.3) is 21.9 Å². The summed E-state index contributed by atoms with van der Waals surface area (Å²) in [6, 6.07) is 17.0. The minimum absolute atomic E-state index is 0.0184. The highest BCUT2D eigenvalue weighted by molar-refractivity contribution is 6.08. The standard InChI is InChI=1S/C22H18N2O6/c1-13(29-19-10-6-4-8-17(19)24(26)27)22(25)23-16-12-20-15(11-21(16)28-2)14-7-3-5-9-18(14)30-20/h3-13H,1-2H3,(H,23,25). The van der Waals surface area contributed by atoms with Crippen molar-refractivity contribution < 1.29 is 23.6 Å². The Bertz CT molecular complexity index is 1260. The fourth-order valence-electron chi connectivity index (χ4n) is 3.20. The zero-order valence-electron chi connectivity index (χ0n) is 16.2. The van der Waals surface area contributed by atoms with E-state index in [9.17, 15) is 14.9 Å². The molecule has 8 heteroatoms. The number of nitro benzene ring substituents is 1. The molecule has 8 nitrogen and oxygen atoms in total. The first-order valence-corrected chi connectivity index (χ1v) is 9.18. The fourth-order valence-corrected chi connectivity index (χ4v) is 3.20. The maximum absolute atomic E-state index is 12.7. The quantitative estimate of drug-likeness (QED) is 0.360. The van der Waals surface area contributed by atoms with E-state index in [4.69, 9.17) is 13.9 Å². The summed E-state index contributed by atoms with van der Waals surface area (Å²) in [5, 5.41) is 15.7. The first kappa shape index (κ1) is 19.3. The second kappa shape index (κ2) is 7.75. The van der Waals surface area contributed by atoms with Crippen molar-refractivity contribution in [3.05, 3.63) is 70.8 Å². The minimum Gasteiger partial charge on any atom is -0.495 e. The molecule has 3 aromatic carbocycles. The molecule has 0 fully saturated rings. The number of anilines is 1. The number of hydrogen-bond donors (Lipinski definition) is 1. The summed E-state index contributed by atoms with van der Waals surface area (Å²) in [7, 11) is 1.51. The smallest absolute Gasteiger partial charge is 0.310 e. The summed E-state index contributed by atoms with van der Waals surface area (Å²) in [5.41, 5.74) is 1.52. The van der Waals surface area contributed by atoms with Crippen LogP contribution in [-0.4, -0.2) is 24.0 Å². The normalized spacial score (nSPS) is 11.9. The summed E-state index contributed by atoms with van der Waals surface area (Å²) >= 11 is 0. The Morgan fingerprint density at radius 2 is 1.77 bits per heavy atom. The average Bonchev–Trinajstić information content (AvgIpc) is 3.10. The van der Waals surface area contributed by atoms with Crippen molar-refractivity contribution in [1.82, 2.24) is 0 Å². The summed E-state index contributed by atoms with van der Waals surface area (Å²) in [6.45, 7) is 1.51. The number of carbonyl (C=O) groups is 1. The highest BCUT2D eigenvalue weighted by atomic mass is 16.6. The minimum atomic E-state index is -0.984. The van der Waals surface area contributed by atoms with Crippen molar-refractivity contribution in [2.45, 2.75) is 13.0 Å². The van der Waals surface area contributed by atoms with Gasteiger partial charge in [0, 0.05) is 22.9 Å². The molecule has 1 amide bonds. The Morgan fingerprint density at radius 1 is 1.03 bits per heavy atom. The molecule has 0 saturated carbocycles. The van der Waals surface area contributed by atoms with Gasteiger partial charge >= 0.3 is 5.69 Å². The van der Waals surface area contributed by atoms with Crippen LogP contribution >= 0.6 is 0 Å². The van der Waals surface area contributed by atoms with Gasteiger partial charge in [-0.15, -0.1) is 0 Å². The third-order valence-electron chi connectivity index (χ3n) is 4.69. The average molecular weight is 406 g/mol. The van der Waals surface area contributed by atoms with Crippen LogP contribution in [0, 0.1) is 10.1 Å². The lowest BCUT2D eigenvalue weighted by atomic mass is 10.1. The molecule has 152 valence electrons. The number of amides is 1. The van der Waals surface area contributed by atoms with Crippen LogP contribution in [0.15, 0.2) is 65.1 Å². The Morgan fingerprint density at radius 3 is 2.53 bits per heavy atom. The number of carbonyl (C=O) groups excluding carboxylic acids is 1. The Labute approximate surface area is 171 Å². The Hall–Kier alpha value is -4.07. The maximum atomic E-state index is 12.7. The number of nitrogens with one attached hydrogen (secondary N) is 1. The molecular weight excluding hydrogens is 388 g/mol. The predicted molar refractivity (Wildman–Crippen MR) is 112 cm³/mol. The Kier molecular flexibility index (Phi) is 4.97. The first-order valence-electron chi connectivity index (χ1n) is 9.18. The van der Waals surface area contributed by atoms with E-state index in [0.29, 0.717) is 17.0 Å². The van der Waals surface area contributed by atoms with Gasteiger partial charge in [-0.05, 0) is 25.1 Å². The number of para-hydroxylation sites is 3. The SMILES string of the molecule is COc1cc2c(cc1NC(=O)C(C)Oc1ccccc1[N+](=O)[O-])oc1ccccc12.